The Morgan fingerprint density at radius 3 is 2.69 bits per heavy atom. The zero-order valence-corrected chi connectivity index (χ0v) is 15.2. The van der Waals surface area contributed by atoms with Crippen molar-refractivity contribution in [1.29, 1.82) is 0 Å². The average Bonchev–Trinajstić information content (AvgIpc) is 2.61. The van der Waals surface area contributed by atoms with Crippen molar-refractivity contribution >= 4 is 23.4 Å². The summed E-state index contributed by atoms with van der Waals surface area (Å²) >= 11 is 0. The maximum Gasteiger partial charge on any atom is 0.271 e. The number of rotatable bonds is 3. The molecule has 1 amide bonds. The Labute approximate surface area is 152 Å². The number of halogens is 1. The number of fused-ring (bicyclic) bond motifs is 1. The molecule has 0 spiro atoms. The van der Waals surface area contributed by atoms with E-state index in [4.69, 9.17) is 0 Å². The van der Waals surface area contributed by atoms with E-state index in [2.05, 4.69) is 35.4 Å². The molecule has 2 aromatic rings. The van der Waals surface area contributed by atoms with Crippen molar-refractivity contribution in [2.75, 3.05) is 11.9 Å². The Morgan fingerprint density at radius 2 is 2.00 bits per heavy atom. The minimum absolute atomic E-state index is 0.183. The number of likely N-dealkylation sites (N-methyl/N-ethyl adjacent to an activating group) is 1. The number of hydrazone groups is 1. The van der Waals surface area contributed by atoms with E-state index in [1.54, 1.807) is 18.2 Å². The average molecular weight is 352 g/mol. The zero-order valence-electron chi connectivity index (χ0n) is 15.2. The second kappa shape index (κ2) is 6.71. The van der Waals surface area contributed by atoms with Crippen LogP contribution in [0.1, 0.15) is 42.3 Å². The SMILES string of the molecule is CC1=CC(C)(C)N(C)c2cc(F)c(/C=N\NC(=O)c3ccncc3)cc21. The lowest BCUT2D eigenvalue weighted by Gasteiger charge is -2.40. The van der Waals surface area contributed by atoms with E-state index in [0.29, 0.717) is 11.1 Å². The highest BCUT2D eigenvalue weighted by molar-refractivity contribution is 5.95. The molecule has 0 bridgehead atoms. The molecular weight excluding hydrogens is 331 g/mol. The summed E-state index contributed by atoms with van der Waals surface area (Å²) in [5.41, 5.74) is 5.85. The van der Waals surface area contributed by atoms with Crippen molar-refractivity contribution in [2.24, 2.45) is 5.10 Å². The molecule has 0 saturated heterocycles. The molecule has 0 unspecified atom stereocenters. The van der Waals surface area contributed by atoms with Crippen molar-refractivity contribution in [3.8, 4) is 0 Å². The van der Waals surface area contributed by atoms with E-state index >= 15 is 0 Å². The van der Waals surface area contributed by atoms with Gasteiger partial charge in [0.05, 0.1) is 11.8 Å². The third-order valence-electron chi connectivity index (χ3n) is 4.65. The minimum Gasteiger partial charge on any atom is -0.365 e. The lowest BCUT2D eigenvalue weighted by atomic mass is 9.88. The van der Waals surface area contributed by atoms with E-state index in [-0.39, 0.29) is 17.3 Å². The van der Waals surface area contributed by atoms with E-state index in [1.165, 1.54) is 24.7 Å². The molecule has 2 heterocycles. The van der Waals surface area contributed by atoms with Crippen LogP contribution in [0.3, 0.4) is 0 Å². The number of allylic oxidation sites excluding steroid dienone is 1. The van der Waals surface area contributed by atoms with Gasteiger partial charge in [0, 0.05) is 41.8 Å². The number of pyridine rings is 1. The molecule has 1 N–H and O–H groups in total. The highest BCUT2D eigenvalue weighted by Crippen LogP contribution is 2.38. The largest absolute Gasteiger partial charge is 0.365 e. The standard InChI is InChI=1S/C20H21FN4O/c1-13-11-20(2,3)25(4)18-10-17(21)15(9-16(13)18)12-23-24-19(26)14-5-7-22-8-6-14/h5-12H,1-4H3,(H,24,26)/b23-12-. The van der Waals surface area contributed by atoms with Gasteiger partial charge >= 0.3 is 0 Å². The van der Waals surface area contributed by atoms with Crippen LogP contribution < -0.4 is 10.3 Å². The molecule has 3 rings (SSSR count). The molecule has 0 atom stereocenters. The van der Waals surface area contributed by atoms with Crippen molar-refractivity contribution in [3.63, 3.8) is 0 Å². The topological polar surface area (TPSA) is 57.6 Å². The van der Waals surface area contributed by atoms with E-state index < -0.39 is 0 Å². The molecule has 0 fully saturated rings. The summed E-state index contributed by atoms with van der Waals surface area (Å²) in [6.07, 6.45) is 6.52. The van der Waals surface area contributed by atoms with Crippen molar-refractivity contribution in [1.82, 2.24) is 10.4 Å². The van der Waals surface area contributed by atoms with Gasteiger partial charge in [-0.05, 0) is 50.6 Å². The molecular formula is C20H21FN4O. The van der Waals surface area contributed by atoms with E-state index in [9.17, 15) is 9.18 Å². The summed E-state index contributed by atoms with van der Waals surface area (Å²) in [6.45, 7) is 6.18. The van der Waals surface area contributed by atoms with E-state index in [0.717, 1.165) is 16.8 Å². The molecule has 6 heteroatoms. The first kappa shape index (κ1) is 17.8. The van der Waals surface area contributed by atoms with E-state index in [1.807, 2.05) is 18.9 Å². The molecule has 1 aliphatic rings. The van der Waals surface area contributed by atoms with Crippen molar-refractivity contribution in [2.45, 2.75) is 26.3 Å². The van der Waals surface area contributed by atoms with Gasteiger partial charge in [0.15, 0.2) is 0 Å². The minimum atomic E-state index is -0.386. The maximum absolute atomic E-state index is 14.5. The number of hydrogen-bond donors (Lipinski definition) is 1. The predicted octanol–water partition coefficient (Wildman–Crippen LogP) is 3.62. The van der Waals surface area contributed by atoms with Crippen LogP contribution in [0.4, 0.5) is 10.1 Å². The monoisotopic (exact) mass is 352 g/mol. The predicted molar refractivity (Wildman–Crippen MR) is 102 cm³/mol. The highest BCUT2D eigenvalue weighted by atomic mass is 19.1. The third-order valence-corrected chi connectivity index (χ3v) is 4.65. The van der Waals surface area contributed by atoms with Crippen LogP contribution in [-0.2, 0) is 0 Å². The highest BCUT2D eigenvalue weighted by Gasteiger charge is 2.29. The van der Waals surface area contributed by atoms with Gasteiger partial charge in [-0.3, -0.25) is 9.78 Å². The summed E-state index contributed by atoms with van der Waals surface area (Å²) in [4.78, 5) is 17.9. The van der Waals surface area contributed by atoms with Crippen LogP contribution in [0.25, 0.3) is 5.57 Å². The number of carbonyl (C=O) groups excluding carboxylic acids is 1. The number of amides is 1. The second-order valence-corrected chi connectivity index (χ2v) is 6.87. The first-order valence-corrected chi connectivity index (χ1v) is 8.30. The first-order chi connectivity index (χ1) is 12.3. The van der Waals surface area contributed by atoms with Gasteiger partial charge in [0.25, 0.3) is 5.91 Å². The number of carbonyl (C=O) groups is 1. The Morgan fingerprint density at radius 1 is 1.31 bits per heavy atom. The molecule has 1 aromatic carbocycles. The van der Waals surface area contributed by atoms with Gasteiger partial charge in [0.2, 0.25) is 0 Å². The van der Waals surface area contributed by atoms with Crippen LogP contribution in [-0.4, -0.2) is 29.7 Å². The van der Waals surface area contributed by atoms with Gasteiger partial charge in [0.1, 0.15) is 5.82 Å². The normalized spacial score (nSPS) is 15.6. The van der Waals surface area contributed by atoms with Crippen LogP contribution in [0.2, 0.25) is 0 Å². The molecule has 0 radical (unpaired) electrons. The number of hydrogen-bond acceptors (Lipinski definition) is 4. The zero-order chi connectivity index (χ0) is 18.9. The Bertz CT molecular complexity index is 904. The third kappa shape index (κ3) is 3.35. The second-order valence-electron chi connectivity index (χ2n) is 6.87. The van der Waals surface area contributed by atoms with Crippen LogP contribution in [0.15, 0.2) is 47.8 Å². The Hall–Kier alpha value is -3.02. The smallest absolute Gasteiger partial charge is 0.271 e. The van der Waals surface area contributed by atoms with Gasteiger partial charge in [-0.2, -0.15) is 5.10 Å². The summed E-state index contributed by atoms with van der Waals surface area (Å²) in [5.74, 6) is -0.761. The number of aromatic nitrogens is 1. The van der Waals surface area contributed by atoms with Crippen LogP contribution in [0, 0.1) is 5.82 Å². The summed E-state index contributed by atoms with van der Waals surface area (Å²) in [5, 5.41) is 3.88. The number of benzene rings is 1. The van der Waals surface area contributed by atoms with Gasteiger partial charge < -0.3 is 4.90 Å². The van der Waals surface area contributed by atoms with Crippen LogP contribution >= 0.6 is 0 Å². The number of nitrogens with zero attached hydrogens (tertiary/aromatic N) is 3. The Kier molecular flexibility index (Phi) is 4.59. The van der Waals surface area contributed by atoms with Gasteiger partial charge in [-0.15, -0.1) is 0 Å². The Balaban J connectivity index is 1.84. The fourth-order valence-electron chi connectivity index (χ4n) is 3.01. The fraction of sp³-hybridized carbons (Fsp3) is 0.250. The van der Waals surface area contributed by atoms with Crippen LogP contribution in [0.5, 0.6) is 0 Å². The lowest BCUT2D eigenvalue weighted by molar-refractivity contribution is 0.0955. The quantitative estimate of drug-likeness (QED) is 0.678. The first-order valence-electron chi connectivity index (χ1n) is 8.30. The molecule has 0 aliphatic carbocycles. The number of anilines is 1. The van der Waals surface area contributed by atoms with Crippen molar-refractivity contribution < 1.29 is 9.18 Å². The summed E-state index contributed by atoms with van der Waals surface area (Å²) < 4.78 is 14.5. The van der Waals surface area contributed by atoms with Gasteiger partial charge in [-0.25, -0.2) is 9.82 Å². The van der Waals surface area contributed by atoms with Crippen molar-refractivity contribution in [3.05, 3.63) is 65.2 Å². The molecule has 5 nitrogen and oxygen atoms in total. The molecule has 26 heavy (non-hydrogen) atoms. The summed E-state index contributed by atoms with van der Waals surface area (Å²) in [7, 11) is 1.95. The number of nitrogens with one attached hydrogen (secondary N) is 1. The lowest BCUT2D eigenvalue weighted by Crippen LogP contribution is -2.42. The molecule has 1 aliphatic heterocycles. The maximum atomic E-state index is 14.5. The molecule has 134 valence electrons. The van der Waals surface area contributed by atoms with Gasteiger partial charge in [-0.1, -0.05) is 6.08 Å². The fourth-order valence-corrected chi connectivity index (χ4v) is 3.01. The molecule has 0 saturated carbocycles. The summed E-state index contributed by atoms with van der Waals surface area (Å²) in [6, 6.07) is 6.43. The molecule has 1 aromatic heterocycles.